The standard InChI is InChI=1S/C18H16N2O2/c1-11-3-8-16-15(7-4-12(2)20-16)18(11)19-10-13-5-6-14(21)9-17(13)22/h3-10,21-22H,1-2H3. The summed E-state index contributed by atoms with van der Waals surface area (Å²) in [5.74, 6) is 0.0197. The van der Waals surface area contributed by atoms with E-state index in [4.69, 9.17) is 0 Å². The van der Waals surface area contributed by atoms with E-state index < -0.39 is 0 Å². The molecule has 0 unspecified atom stereocenters. The Balaban J connectivity index is 2.10. The number of phenols is 2. The van der Waals surface area contributed by atoms with Crippen molar-refractivity contribution in [2.24, 2.45) is 4.99 Å². The Kier molecular flexibility index (Phi) is 3.51. The third kappa shape index (κ3) is 2.63. The zero-order valence-corrected chi connectivity index (χ0v) is 12.4. The van der Waals surface area contributed by atoms with Gasteiger partial charge >= 0.3 is 0 Å². The smallest absolute Gasteiger partial charge is 0.128 e. The maximum Gasteiger partial charge on any atom is 0.128 e. The molecule has 22 heavy (non-hydrogen) atoms. The van der Waals surface area contributed by atoms with E-state index >= 15 is 0 Å². The van der Waals surface area contributed by atoms with Crippen LogP contribution in [0.1, 0.15) is 16.8 Å². The van der Waals surface area contributed by atoms with Crippen molar-refractivity contribution in [3.8, 4) is 11.5 Å². The Morgan fingerprint density at radius 1 is 1.00 bits per heavy atom. The molecule has 0 atom stereocenters. The first kappa shape index (κ1) is 14.1. The van der Waals surface area contributed by atoms with Gasteiger partial charge in [-0.25, -0.2) is 0 Å². The molecule has 2 aromatic carbocycles. The molecule has 0 bridgehead atoms. The monoisotopic (exact) mass is 292 g/mol. The molecule has 0 amide bonds. The van der Waals surface area contributed by atoms with Crippen LogP contribution in [0.2, 0.25) is 0 Å². The van der Waals surface area contributed by atoms with Crippen LogP contribution in [-0.2, 0) is 0 Å². The largest absolute Gasteiger partial charge is 0.508 e. The summed E-state index contributed by atoms with van der Waals surface area (Å²) in [6.07, 6.45) is 1.59. The number of aromatic hydroxyl groups is 2. The van der Waals surface area contributed by atoms with Gasteiger partial charge in [0.25, 0.3) is 0 Å². The fourth-order valence-corrected chi connectivity index (χ4v) is 2.35. The highest BCUT2D eigenvalue weighted by Crippen LogP contribution is 2.29. The SMILES string of the molecule is Cc1ccc2c(N=Cc3ccc(O)cc3O)c(C)ccc2n1. The Bertz CT molecular complexity index is 886. The number of pyridine rings is 1. The quantitative estimate of drug-likeness (QED) is 0.701. The minimum Gasteiger partial charge on any atom is -0.508 e. The second-order valence-electron chi connectivity index (χ2n) is 5.25. The Hall–Kier alpha value is -2.88. The third-order valence-corrected chi connectivity index (χ3v) is 3.53. The number of aromatic nitrogens is 1. The average Bonchev–Trinajstić information content (AvgIpc) is 2.48. The van der Waals surface area contributed by atoms with E-state index in [2.05, 4.69) is 9.98 Å². The van der Waals surface area contributed by atoms with E-state index in [1.54, 1.807) is 12.3 Å². The minimum absolute atomic E-state index is 0.00407. The summed E-state index contributed by atoms with van der Waals surface area (Å²) in [6.45, 7) is 3.94. The summed E-state index contributed by atoms with van der Waals surface area (Å²) in [6, 6.07) is 12.4. The highest BCUT2D eigenvalue weighted by molar-refractivity contribution is 5.95. The van der Waals surface area contributed by atoms with E-state index in [9.17, 15) is 10.2 Å². The van der Waals surface area contributed by atoms with Gasteiger partial charge in [-0.15, -0.1) is 0 Å². The summed E-state index contributed by atoms with van der Waals surface area (Å²) in [7, 11) is 0. The number of hydrogen-bond donors (Lipinski definition) is 2. The van der Waals surface area contributed by atoms with Gasteiger partial charge in [0.1, 0.15) is 11.5 Å². The lowest BCUT2D eigenvalue weighted by molar-refractivity contribution is 0.450. The van der Waals surface area contributed by atoms with Crippen molar-refractivity contribution < 1.29 is 10.2 Å². The first-order valence-corrected chi connectivity index (χ1v) is 6.97. The van der Waals surface area contributed by atoms with Gasteiger partial charge in [0.2, 0.25) is 0 Å². The van der Waals surface area contributed by atoms with Crippen molar-refractivity contribution in [3.63, 3.8) is 0 Å². The predicted molar refractivity (Wildman–Crippen MR) is 88.2 cm³/mol. The molecule has 0 radical (unpaired) electrons. The Morgan fingerprint density at radius 3 is 2.59 bits per heavy atom. The van der Waals surface area contributed by atoms with Crippen LogP contribution in [-0.4, -0.2) is 21.4 Å². The molecule has 0 saturated carbocycles. The lowest BCUT2D eigenvalue weighted by atomic mass is 10.1. The first-order valence-electron chi connectivity index (χ1n) is 6.97. The number of phenolic OH excluding ortho intramolecular Hbond substituents is 2. The molecule has 0 aliphatic carbocycles. The minimum atomic E-state index is -0.00407. The molecule has 1 aromatic heterocycles. The van der Waals surface area contributed by atoms with Crippen LogP contribution in [0.15, 0.2) is 47.5 Å². The molecule has 0 saturated heterocycles. The number of nitrogens with zero attached hydrogens (tertiary/aromatic N) is 2. The summed E-state index contributed by atoms with van der Waals surface area (Å²) in [5.41, 5.74) is 4.27. The normalized spacial score (nSPS) is 11.4. The molecular formula is C18H16N2O2. The molecule has 0 spiro atoms. The zero-order valence-electron chi connectivity index (χ0n) is 12.4. The van der Waals surface area contributed by atoms with Crippen LogP contribution < -0.4 is 0 Å². The number of aliphatic imine (C=N–C) groups is 1. The van der Waals surface area contributed by atoms with E-state index in [1.165, 1.54) is 12.1 Å². The summed E-state index contributed by atoms with van der Waals surface area (Å²) in [5, 5.41) is 20.1. The maximum atomic E-state index is 9.82. The van der Waals surface area contributed by atoms with Gasteiger partial charge in [0, 0.05) is 28.9 Å². The van der Waals surface area contributed by atoms with E-state index in [1.807, 2.05) is 38.1 Å². The number of fused-ring (bicyclic) bond motifs is 1. The summed E-state index contributed by atoms with van der Waals surface area (Å²) < 4.78 is 0. The summed E-state index contributed by atoms with van der Waals surface area (Å²) in [4.78, 5) is 9.02. The topological polar surface area (TPSA) is 65.7 Å². The fourth-order valence-electron chi connectivity index (χ4n) is 2.35. The molecule has 4 heteroatoms. The van der Waals surface area contributed by atoms with E-state index in [0.29, 0.717) is 5.56 Å². The fraction of sp³-hybridized carbons (Fsp3) is 0.111. The molecule has 0 fully saturated rings. The highest BCUT2D eigenvalue weighted by atomic mass is 16.3. The molecule has 110 valence electrons. The number of benzene rings is 2. The van der Waals surface area contributed by atoms with Gasteiger partial charge in [-0.2, -0.15) is 0 Å². The predicted octanol–water partition coefficient (Wildman–Crippen LogP) is 4.01. The molecule has 0 aliphatic rings. The van der Waals surface area contributed by atoms with Gasteiger partial charge in [-0.3, -0.25) is 9.98 Å². The average molecular weight is 292 g/mol. The van der Waals surface area contributed by atoms with Gasteiger partial charge < -0.3 is 10.2 Å². The Morgan fingerprint density at radius 2 is 1.82 bits per heavy atom. The van der Waals surface area contributed by atoms with E-state index in [-0.39, 0.29) is 11.5 Å². The van der Waals surface area contributed by atoms with Crippen LogP contribution in [0.3, 0.4) is 0 Å². The van der Waals surface area contributed by atoms with Crippen molar-refractivity contribution >= 4 is 22.8 Å². The van der Waals surface area contributed by atoms with Crippen molar-refractivity contribution in [2.45, 2.75) is 13.8 Å². The second-order valence-corrected chi connectivity index (χ2v) is 5.25. The maximum absolute atomic E-state index is 9.82. The molecule has 0 aliphatic heterocycles. The molecule has 2 N–H and O–H groups in total. The molecule has 3 aromatic rings. The molecule has 4 nitrogen and oxygen atoms in total. The van der Waals surface area contributed by atoms with Crippen molar-refractivity contribution in [3.05, 3.63) is 59.3 Å². The Labute approximate surface area is 128 Å². The van der Waals surface area contributed by atoms with Gasteiger partial charge in [0.05, 0.1) is 11.2 Å². The van der Waals surface area contributed by atoms with Crippen molar-refractivity contribution in [1.29, 1.82) is 0 Å². The van der Waals surface area contributed by atoms with Gasteiger partial charge in [-0.1, -0.05) is 6.07 Å². The van der Waals surface area contributed by atoms with Crippen LogP contribution in [0, 0.1) is 13.8 Å². The van der Waals surface area contributed by atoms with Crippen molar-refractivity contribution in [2.75, 3.05) is 0 Å². The lowest BCUT2D eigenvalue weighted by Crippen LogP contribution is -1.87. The third-order valence-electron chi connectivity index (χ3n) is 3.53. The second kappa shape index (κ2) is 5.48. The van der Waals surface area contributed by atoms with Gasteiger partial charge in [0.15, 0.2) is 0 Å². The number of aryl methyl sites for hydroxylation is 2. The van der Waals surface area contributed by atoms with Gasteiger partial charge in [-0.05, 0) is 49.7 Å². The zero-order chi connectivity index (χ0) is 15.7. The van der Waals surface area contributed by atoms with Crippen LogP contribution >= 0.6 is 0 Å². The van der Waals surface area contributed by atoms with Crippen LogP contribution in [0.5, 0.6) is 11.5 Å². The van der Waals surface area contributed by atoms with Crippen molar-refractivity contribution in [1.82, 2.24) is 4.98 Å². The molecule has 3 rings (SSSR count). The van der Waals surface area contributed by atoms with Crippen LogP contribution in [0.25, 0.3) is 10.9 Å². The lowest BCUT2D eigenvalue weighted by Gasteiger charge is -2.06. The highest BCUT2D eigenvalue weighted by Gasteiger charge is 2.05. The molecule has 1 heterocycles. The molecular weight excluding hydrogens is 276 g/mol. The van der Waals surface area contributed by atoms with Crippen LogP contribution in [0.4, 0.5) is 5.69 Å². The number of hydrogen-bond acceptors (Lipinski definition) is 4. The summed E-state index contributed by atoms with van der Waals surface area (Å²) >= 11 is 0. The first-order chi connectivity index (χ1) is 10.5. The van der Waals surface area contributed by atoms with E-state index in [0.717, 1.165) is 27.8 Å². The number of rotatable bonds is 2.